The third-order valence-electron chi connectivity index (χ3n) is 3.07. The Hall–Kier alpha value is -1.54. The minimum absolute atomic E-state index is 0.158. The second-order valence-electron chi connectivity index (χ2n) is 4.60. The van der Waals surface area contributed by atoms with Crippen molar-refractivity contribution in [1.29, 1.82) is 0 Å². The number of carbonyl (C=O) groups excluding carboxylic acids is 2. The molecule has 0 radical (unpaired) electrons. The van der Waals surface area contributed by atoms with Crippen LogP contribution in [-0.2, 0) is 19.1 Å². The van der Waals surface area contributed by atoms with Gasteiger partial charge in [-0.2, -0.15) is 0 Å². The maximum atomic E-state index is 11.7. The van der Waals surface area contributed by atoms with E-state index in [2.05, 4.69) is 16.7 Å². The molecule has 1 rings (SSSR count). The van der Waals surface area contributed by atoms with Crippen LogP contribution in [0.5, 0.6) is 0 Å². The standard InChI is InChI=1S/C15H23NO4/c1-3-19-14(17)13(15(18)20-4-2)9-5-6-10-16-11-7-8-12-16/h13H,3-4,7-12H2,1-2H3. The third-order valence-corrected chi connectivity index (χ3v) is 3.07. The first-order valence-corrected chi connectivity index (χ1v) is 7.20. The summed E-state index contributed by atoms with van der Waals surface area (Å²) in [4.78, 5) is 25.7. The number of carbonyl (C=O) groups is 2. The van der Waals surface area contributed by atoms with E-state index < -0.39 is 17.9 Å². The number of likely N-dealkylation sites (tertiary alicyclic amines) is 1. The first-order valence-electron chi connectivity index (χ1n) is 7.20. The van der Waals surface area contributed by atoms with E-state index in [4.69, 9.17) is 9.47 Å². The van der Waals surface area contributed by atoms with Gasteiger partial charge in [-0.05, 0) is 39.8 Å². The van der Waals surface area contributed by atoms with Gasteiger partial charge in [-0.15, -0.1) is 5.92 Å². The van der Waals surface area contributed by atoms with E-state index in [-0.39, 0.29) is 19.6 Å². The Balaban J connectivity index is 2.48. The molecule has 0 atom stereocenters. The first kappa shape index (κ1) is 16.5. The molecule has 5 heteroatoms. The summed E-state index contributed by atoms with van der Waals surface area (Å²) in [6.07, 6.45) is 2.59. The molecule has 0 unspecified atom stereocenters. The van der Waals surface area contributed by atoms with Crippen LogP contribution in [0.2, 0.25) is 0 Å². The van der Waals surface area contributed by atoms with E-state index in [1.165, 1.54) is 12.8 Å². The van der Waals surface area contributed by atoms with Crippen LogP contribution in [0.3, 0.4) is 0 Å². The summed E-state index contributed by atoms with van der Waals surface area (Å²) < 4.78 is 9.77. The second kappa shape index (κ2) is 9.38. The molecule has 5 nitrogen and oxygen atoms in total. The lowest BCUT2D eigenvalue weighted by molar-refractivity contribution is -0.161. The lowest BCUT2D eigenvalue weighted by Crippen LogP contribution is -2.28. The van der Waals surface area contributed by atoms with E-state index >= 15 is 0 Å². The fraction of sp³-hybridized carbons (Fsp3) is 0.733. The topological polar surface area (TPSA) is 55.8 Å². The molecular weight excluding hydrogens is 258 g/mol. The molecule has 1 aliphatic rings. The molecule has 0 aromatic heterocycles. The molecule has 0 aliphatic carbocycles. The Morgan fingerprint density at radius 3 is 2.10 bits per heavy atom. The lowest BCUT2D eigenvalue weighted by Gasteiger charge is -2.12. The quantitative estimate of drug-likeness (QED) is 0.416. The number of esters is 2. The zero-order chi connectivity index (χ0) is 14.8. The highest BCUT2D eigenvalue weighted by molar-refractivity contribution is 5.95. The van der Waals surface area contributed by atoms with Crippen molar-refractivity contribution >= 4 is 11.9 Å². The van der Waals surface area contributed by atoms with Gasteiger partial charge in [0, 0.05) is 6.42 Å². The number of rotatable bonds is 6. The molecule has 0 bridgehead atoms. The SMILES string of the molecule is CCOC(=O)C(CC#CCN1CCCC1)C(=O)OCC. The number of ether oxygens (including phenoxy) is 2. The van der Waals surface area contributed by atoms with Gasteiger partial charge in [0.2, 0.25) is 0 Å². The van der Waals surface area contributed by atoms with Crippen molar-refractivity contribution in [3.05, 3.63) is 0 Å². The van der Waals surface area contributed by atoms with Crippen molar-refractivity contribution in [3.63, 3.8) is 0 Å². The normalized spacial score (nSPS) is 14.8. The minimum atomic E-state index is -0.930. The molecule has 0 saturated carbocycles. The van der Waals surface area contributed by atoms with Crippen LogP contribution in [0.4, 0.5) is 0 Å². The zero-order valence-corrected chi connectivity index (χ0v) is 12.3. The Morgan fingerprint density at radius 2 is 1.60 bits per heavy atom. The highest BCUT2D eigenvalue weighted by Gasteiger charge is 2.28. The second-order valence-corrected chi connectivity index (χ2v) is 4.60. The Morgan fingerprint density at radius 1 is 1.05 bits per heavy atom. The summed E-state index contributed by atoms with van der Waals surface area (Å²) in [6.45, 7) is 6.75. The van der Waals surface area contributed by atoms with Gasteiger partial charge in [0.15, 0.2) is 5.92 Å². The van der Waals surface area contributed by atoms with Crippen LogP contribution in [0, 0.1) is 17.8 Å². The molecule has 1 saturated heterocycles. The van der Waals surface area contributed by atoms with Crippen molar-refractivity contribution in [2.75, 3.05) is 32.8 Å². The van der Waals surface area contributed by atoms with E-state index in [0.29, 0.717) is 6.54 Å². The van der Waals surface area contributed by atoms with Gasteiger partial charge < -0.3 is 9.47 Å². The van der Waals surface area contributed by atoms with Crippen LogP contribution >= 0.6 is 0 Å². The minimum Gasteiger partial charge on any atom is -0.465 e. The van der Waals surface area contributed by atoms with Gasteiger partial charge in [-0.25, -0.2) is 0 Å². The Labute approximate surface area is 120 Å². The summed E-state index contributed by atoms with van der Waals surface area (Å²) in [5, 5.41) is 0. The highest BCUT2D eigenvalue weighted by Crippen LogP contribution is 2.09. The van der Waals surface area contributed by atoms with E-state index in [0.717, 1.165) is 13.1 Å². The lowest BCUT2D eigenvalue weighted by atomic mass is 10.1. The van der Waals surface area contributed by atoms with Crippen molar-refractivity contribution in [2.24, 2.45) is 5.92 Å². The van der Waals surface area contributed by atoms with E-state index in [1.807, 2.05) is 0 Å². The fourth-order valence-corrected chi connectivity index (χ4v) is 2.03. The molecule has 20 heavy (non-hydrogen) atoms. The molecule has 112 valence electrons. The molecule has 1 aliphatic heterocycles. The van der Waals surface area contributed by atoms with Crippen LogP contribution in [0.15, 0.2) is 0 Å². The molecule has 1 fully saturated rings. The monoisotopic (exact) mass is 281 g/mol. The Kier molecular flexibility index (Phi) is 7.74. The average molecular weight is 281 g/mol. The maximum Gasteiger partial charge on any atom is 0.321 e. The van der Waals surface area contributed by atoms with Crippen molar-refractivity contribution in [2.45, 2.75) is 33.1 Å². The van der Waals surface area contributed by atoms with Crippen LogP contribution in [0.25, 0.3) is 0 Å². The molecule has 0 aromatic rings. The van der Waals surface area contributed by atoms with Crippen molar-refractivity contribution in [3.8, 4) is 11.8 Å². The molecule has 0 aromatic carbocycles. The molecule has 0 spiro atoms. The first-order chi connectivity index (χ1) is 9.69. The van der Waals surface area contributed by atoms with E-state index in [9.17, 15) is 9.59 Å². The highest BCUT2D eigenvalue weighted by atomic mass is 16.6. The smallest absolute Gasteiger partial charge is 0.321 e. The summed E-state index contributed by atoms with van der Waals surface area (Å²) in [7, 11) is 0. The summed E-state index contributed by atoms with van der Waals surface area (Å²) in [5.74, 6) is 3.87. The molecule has 1 heterocycles. The number of hydrogen-bond donors (Lipinski definition) is 0. The van der Waals surface area contributed by atoms with Gasteiger partial charge >= 0.3 is 11.9 Å². The summed E-state index contributed by atoms with van der Waals surface area (Å²) in [5.41, 5.74) is 0. The summed E-state index contributed by atoms with van der Waals surface area (Å²) >= 11 is 0. The predicted octanol–water partition coefficient (Wildman–Crippen LogP) is 1.22. The largest absolute Gasteiger partial charge is 0.465 e. The van der Waals surface area contributed by atoms with Gasteiger partial charge in [0.25, 0.3) is 0 Å². The number of hydrogen-bond acceptors (Lipinski definition) is 5. The van der Waals surface area contributed by atoms with Crippen molar-refractivity contribution in [1.82, 2.24) is 4.90 Å². The Bertz CT molecular complexity index is 359. The zero-order valence-electron chi connectivity index (χ0n) is 12.3. The fourth-order valence-electron chi connectivity index (χ4n) is 2.03. The molecule has 0 amide bonds. The van der Waals surface area contributed by atoms with E-state index in [1.54, 1.807) is 13.8 Å². The van der Waals surface area contributed by atoms with Crippen LogP contribution in [-0.4, -0.2) is 49.7 Å². The summed E-state index contributed by atoms with van der Waals surface area (Å²) in [6, 6.07) is 0. The van der Waals surface area contributed by atoms with Gasteiger partial charge in [0.05, 0.1) is 19.8 Å². The average Bonchev–Trinajstić information content (AvgIpc) is 2.92. The number of nitrogens with zero attached hydrogens (tertiary/aromatic N) is 1. The van der Waals surface area contributed by atoms with Gasteiger partial charge in [-0.1, -0.05) is 5.92 Å². The third kappa shape index (κ3) is 5.62. The molecule has 0 N–H and O–H groups in total. The maximum absolute atomic E-state index is 11.7. The van der Waals surface area contributed by atoms with Gasteiger partial charge in [0.1, 0.15) is 0 Å². The predicted molar refractivity (Wildman–Crippen MR) is 74.8 cm³/mol. The van der Waals surface area contributed by atoms with Crippen molar-refractivity contribution < 1.29 is 19.1 Å². The molecular formula is C15H23NO4. The van der Waals surface area contributed by atoms with Gasteiger partial charge in [-0.3, -0.25) is 14.5 Å². The van der Waals surface area contributed by atoms with Crippen LogP contribution in [0.1, 0.15) is 33.1 Å². The van der Waals surface area contributed by atoms with Crippen LogP contribution < -0.4 is 0 Å².